The summed E-state index contributed by atoms with van der Waals surface area (Å²) in [6.45, 7) is 5.12. The largest absolute Gasteiger partial charge is 0.369 e. The van der Waals surface area contributed by atoms with Crippen molar-refractivity contribution in [1.82, 2.24) is 9.88 Å². The molecule has 1 saturated heterocycles. The van der Waals surface area contributed by atoms with Crippen molar-refractivity contribution < 1.29 is 4.79 Å². The fraction of sp³-hybridized carbons (Fsp3) is 0.241. The third kappa shape index (κ3) is 6.56. The molecule has 1 fully saturated rings. The summed E-state index contributed by atoms with van der Waals surface area (Å²) in [7, 11) is 0. The molecule has 0 aliphatic carbocycles. The Morgan fingerprint density at radius 2 is 1.49 bits per heavy atom. The van der Waals surface area contributed by atoms with E-state index >= 15 is 0 Å². The molecule has 4 aromatic rings. The zero-order valence-electron chi connectivity index (χ0n) is 19.8. The van der Waals surface area contributed by atoms with Gasteiger partial charge in [0.2, 0.25) is 5.91 Å². The lowest BCUT2D eigenvalue weighted by Gasteiger charge is -2.36. The van der Waals surface area contributed by atoms with Gasteiger partial charge >= 0.3 is 0 Å². The number of thiazole rings is 1. The predicted octanol–water partition coefficient (Wildman–Crippen LogP) is 5.24. The van der Waals surface area contributed by atoms with E-state index in [9.17, 15) is 4.79 Å². The average Bonchev–Trinajstić information content (AvgIpc) is 3.32. The number of aromatic nitrogens is 1. The van der Waals surface area contributed by atoms with Crippen LogP contribution in [0.5, 0.6) is 0 Å². The van der Waals surface area contributed by atoms with Gasteiger partial charge in [0.15, 0.2) is 0 Å². The Hall–Kier alpha value is -3.48. The first-order chi connectivity index (χ1) is 17.2. The molecule has 0 bridgehead atoms. The Morgan fingerprint density at radius 1 is 0.829 bits per heavy atom. The molecular formula is C29H30N4OS. The van der Waals surface area contributed by atoms with E-state index in [-0.39, 0.29) is 12.3 Å². The molecule has 5 nitrogen and oxygen atoms in total. The molecule has 0 unspecified atom stereocenters. The molecule has 1 aromatic heterocycles. The highest BCUT2D eigenvalue weighted by molar-refractivity contribution is 7.09. The second-order valence-corrected chi connectivity index (χ2v) is 9.86. The number of carbonyl (C=O) groups is 1. The Balaban J connectivity index is 1.09. The summed E-state index contributed by atoms with van der Waals surface area (Å²) in [6.07, 6.45) is 1.09. The third-order valence-electron chi connectivity index (χ3n) is 6.28. The van der Waals surface area contributed by atoms with Crippen LogP contribution in [0.2, 0.25) is 0 Å². The smallest absolute Gasteiger partial charge is 0.230 e. The second-order valence-electron chi connectivity index (χ2n) is 8.92. The van der Waals surface area contributed by atoms with E-state index in [4.69, 9.17) is 0 Å². The van der Waals surface area contributed by atoms with Crippen molar-refractivity contribution >= 4 is 28.6 Å². The van der Waals surface area contributed by atoms with Crippen molar-refractivity contribution in [2.45, 2.75) is 19.4 Å². The lowest BCUT2D eigenvalue weighted by Crippen LogP contribution is -2.45. The molecule has 6 heteroatoms. The van der Waals surface area contributed by atoms with Crippen LogP contribution in [0.1, 0.15) is 21.8 Å². The molecule has 0 spiro atoms. The molecule has 35 heavy (non-hydrogen) atoms. The van der Waals surface area contributed by atoms with Gasteiger partial charge in [-0.05, 0) is 35.4 Å². The molecule has 0 saturated carbocycles. The maximum absolute atomic E-state index is 12.6. The topological polar surface area (TPSA) is 48.5 Å². The summed E-state index contributed by atoms with van der Waals surface area (Å²) in [4.78, 5) is 22.1. The van der Waals surface area contributed by atoms with E-state index in [1.165, 1.54) is 16.8 Å². The first kappa shape index (κ1) is 23.3. The monoisotopic (exact) mass is 482 g/mol. The van der Waals surface area contributed by atoms with Crippen LogP contribution in [-0.4, -0.2) is 42.0 Å². The number of hydrogen-bond donors (Lipinski definition) is 1. The van der Waals surface area contributed by atoms with Gasteiger partial charge in [-0.15, -0.1) is 11.3 Å². The minimum atomic E-state index is -0.0381. The Kier molecular flexibility index (Phi) is 7.51. The van der Waals surface area contributed by atoms with Gasteiger partial charge in [-0.1, -0.05) is 60.7 Å². The van der Waals surface area contributed by atoms with Crippen molar-refractivity contribution in [2.75, 3.05) is 36.4 Å². The van der Waals surface area contributed by atoms with Crippen LogP contribution in [0, 0.1) is 0 Å². The van der Waals surface area contributed by atoms with Crippen LogP contribution >= 0.6 is 11.3 Å². The predicted molar refractivity (Wildman–Crippen MR) is 144 cm³/mol. The van der Waals surface area contributed by atoms with Gasteiger partial charge in [-0.25, -0.2) is 4.98 Å². The third-order valence-corrected chi connectivity index (χ3v) is 7.17. The fourth-order valence-corrected chi connectivity index (χ4v) is 5.24. The van der Waals surface area contributed by atoms with E-state index in [0.29, 0.717) is 0 Å². The number of amides is 1. The molecule has 1 amide bonds. The average molecular weight is 483 g/mol. The van der Waals surface area contributed by atoms with Gasteiger partial charge in [0.1, 0.15) is 0 Å². The Bertz CT molecular complexity index is 1220. The Morgan fingerprint density at radius 3 is 2.17 bits per heavy atom. The first-order valence-electron chi connectivity index (χ1n) is 12.1. The summed E-state index contributed by atoms with van der Waals surface area (Å²) in [5, 5.41) is 6.03. The van der Waals surface area contributed by atoms with Crippen molar-refractivity contribution in [3.63, 3.8) is 0 Å². The normalized spacial score (nSPS) is 14.1. The van der Waals surface area contributed by atoms with E-state index in [1.54, 1.807) is 11.3 Å². The van der Waals surface area contributed by atoms with Crippen LogP contribution in [-0.2, 0) is 24.2 Å². The maximum atomic E-state index is 12.6. The zero-order valence-corrected chi connectivity index (χ0v) is 20.6. The lowest BCUT2D eigenvalue weighted by atomic mass is 10.2. The van der Waals surface area contributed by atoms with Gasteiger partial charge in [0.05, 0.1) is 17.1 Å². The van der Waals surface area contributed by atoms with Crippen molar-refractivity contribution in [3.05, 3.63) is 112 Å². The summed E-state index contributed by atoms with van der Waals surface area (Å²) in [5.74, 6) is -0.0381. The molecule has 2 heterocycles. The highest BCUT2D eigenvalue weighted by Gasteiger charge is 2.17. The van der Waals surface area contributed by atoms with Crippen LogP contribution in [0.15, 0.2) is 90.3 Å². The van der Waals surface area contributed by atoms with E-state index in [1.807, 2.05) is 35.7 Å². The summed E-state index contributed by atoms with van der Waals surface area (Å²) < 4.78 is 0. The highest BCUT2D eigenvalue weighted by Crippen LogP contribution is 2.21. The van der Waals surface area contributed by atoms with Gasteiger partial charge in [0.25, 0.3) is 0 Å². The molecule has 1 aliphatic heterocycles. The summed E-state index contributed by atoms with van der Waals surface area (Å²) in [5.41, 5.74) is 5.44. The molecule has 0 radical (unpaired) electrons. The van der Waals surface area contributed by atoms with Crippen molar-refractivity contribution in [2.24, 2.45) is 0 Å². The maximum Gasteiger partial charge on any atom is 0.230 e. The lowest BCUT2D eigenvalue weighted by molar-refractivity contribution is -0.115. The molecule has 1 N–H and O–H groups in total. The number of carbonyl (C=O) groups excluding carboxylic acids is 1. The van der Waals surface area contributed by atoms with E-state index in [2.05, 4.69) is 74.7 Å². The highest BCUT2D eigenvalue weighted by atomic mass is 32.1. The number of hydrogen-bond acceptors (Lipinski definition) is 5. The van der Waals surface area contributed by atoms with Gasteiger partial charge in [-0.3, -0.25) is 9.69 Å². The van der Waals surface area contributed by atoms with E-state index < -0.39 is 0 Å². The number of anilines is 2. The number of nitrogens with one attached hydrogen (secondary N) is 1. The fourth-order valence-electron chi connectivity index (χ4n) is 4.41. The standard InChI is InChI=1S/C29H30N4OS/c34-28(20-26-22-35-29(31-26)19-23-7-3-1-4-8-23)30-25-11-13-27(14-12-25)33-17-15-32(16-18-33)21-24-9-5-2-6-10-24/h1-14,22H,15-21H2,(H,30,34). The number of rotatable bonds is 8. The van der Waals surface area contributed by atoms with Gasteiger partial charge in [0, 0.05) is 55.9 Å². The molecule has 1 aliphatic rings. The SMILES string of the molecule is O=C(Cc1csc(Cc2ccccc2)n1)Nc1ccc(N2CCN(Cc3ccccc3)CC2)cc1. The molecule has 3 aromatic carbocycles. The minimum Gasteiger partial charge on any atom is -0.369 e. The van der Waals surface area contributed by atoms with Gasteiger partial charge in [-0.2, -0.15) is 0 Å². The molecule has 5 rings (SSSR count). The van der Waals surface area contributed by atoms with E-state index in [0.717, 1.165) is 55.5 Å². The summed E-state index contributed by atoms with van der Waals surface area (Å²) in [6, 6.07) is 29.1. The molecule has 0 atom stereocenters. The van der Waals surface area contributed by atoms with Crippen LogP contribution < -0.4 is 10.2 Å². The number of benzene rings is 3. The zero-order chi connectivity index (χ0) is 23.9. The van der Waals surface area contributed by atoms with Crippen molar-refractivity contribution in [3.8, 4) is 0 Å². The van der Waals surface area contributed by atoms with Gasteiger partial charge < -0.3 is 10.2 Å². The quantitative estimate of drug-likeness (QED) is 0.373. The van der Waals surface area contributed by atoms with Crippen LogP contribution in [0.4, 0.5) is 11.4 Å². The van der Waals surface area contributed by atoms with Crippen molar-refractivity contribution in [1.29, 1.82) is 0 Å². The molecule has 178 valence electrons. The van der Waals surface area contributed by atoms with Crippen LogP contribution in [0.3, 0.4) is 0 Å². The number of piperazine rings is 1. The van der Waals surface area contributed by atoms with Crippen LogP contribution in [0.25, 0.3) is 0 Å². The minimum absolute atomic E-state index is 0.0381. The molecular weight excluding hydrogens is 452 g/mol. The Labute approximate surface area is 211 Å². The first-order valence-corrected chi connectivity index (χ1v) is 13.0. The summed E-state index contributed by atoms with van der Waals surface area (Å²) >= 11 is 1.61. The second kappa shape index (κ2) is 11.3. The number of nitrogens with zero attached hydrogens (tertiary/aromatic N) is 3.